The molecule has 0 aliphatic heterocycles. The molecule has 0 saturated heterocycles. The second-order valence-corrected chi connectivity index (χ2v) is 6.62. The van der Waals surface area contributed by atoms with Crippen LogP contribution in [0.4, 0.5) is 0 Å². The second kappa shape index (κ2) is 6.52. The van der Waals surface area contributed by atoms with Gasteiger partial charge in [-0.05, 0) is 39.2 Å². The first kappa shape index (κ1) is 15.7. The summed E-state index contributed by atoms with van der Waals surface area (Å²) in [6.07, 6.45) is 6.80. The van der Waals surface area contributed by atoms with Gasteiger partial charge in [-0.3, -0.25) is 14.2 Å². The number of aryl methyl sites for hydroxylation is 3. The lowest BCUT2D eigenvalue weighted by atomic mass is 10.1. The minimum Gasteiger partial charge on any atom is -0.355 e. The summed E-state index contributed by atoms with van der Waals surface area (Å²) in [5.74, 6) is 0.116. The van der Waals surface area contributed by atoms with E-state index in [0.29, 0.717) is 6.42 Å². The molecule has 1 aliphatic rings. The predicted molar refractivity (Wildman–Crippen MR) is 85.6 cm³/mol. The van der Waals surface area contributed by atoms with E-state index in [-0.39, 0.29) is 11.3 Å². The van der Waals surface area contributed by atoms with E-state index in [2.05, 4.69) is 38.2 Å². The van der Waals surface area contributed by atoms with Crippen LogP contribution in [0.25, 0.3) is 0 Å². The van der Waals surface area contributed by atoms with Gasteiger partial charge in [0.05, 0.1) is 5.69 Å². The molecular formula is C16H24N6O. The molecule has 0 bridgehead atoms. The van der Waals surface area contributed by atoms with Gasteiger partial charge in [-0.1, -0.05) is 0 Å². The quantitative estimate of drug-likeness (QED) is 0.800. The van der Waals surface area contributed by atoms with Crippen molar-refractivity contribution in [2.45, 2.75) is 52.6 Å². The van der Waals surface area contributed by atoms with Crippen LogP contribution < -0.4 is 5.32 Å². The third-order valence-corrected chi connectivity index (χ3v) is 4.46. The molecule has 7 nitrogen and oxygen atoms in total. The molecule has 0 spiro atoms. The van der Waals surface area contributed by atoms with Gasteiger partial charge in [0.1, 0.15) is 12.7 Å². The van der Waals surface area contributed by atoms with Crippen LogP contribution in [0.5, 0.6) is 0 Å². The molecule has 124 valence electrons. The van der Waals surface area contributed by atoms with Crippen LogP contribution in [0.15, 0.2) is 18.7 Å². The number of nitrogens with zero attached hydrogens (tertiary/aromatic N) is 5. The zero-order valence-electron chi connectivity index (χ0n) is 13.8. The van der Waals surface area contributed by atoms with Gasteiger partial charge in [0, 0.05) is 37.2 Å². The lowest BCUT2D eigenvalue weighted by Crippen LogP contribution is -2.32. The largest absolute Gasteiger partial charge is 0.355 e. The average molecular weight is 316 g/mol. The van der Waals surface area contributed by atoms with E-state index >= 15 is 0 Å². The molecule has 2 aromatic rings. The summed E-state index contributed by atoms with van der Waals surface area (Å²) in [7, 11) is 0. The van der Waals surface area contributed by atoms with Crippen molar-refractivity contribution < 1.29 is 4.79 Å². The molecule has 1 amide bonds. The summed E-state index contributed by atoms with van der Waals surface area (Å²) in [5.41, 5.74) is 2.44. The van der Waals surface area contributed by atoms with Gasteiger partial charge in [-0.2, -0.15) is 10.2 Å². The second-order valence-electron chi connectivity index (χ2n) is 6.62. The number of rotatable bonds is 8. The van der Waals surface area contributed by atoms with Gasteiger partial charge < -0.3 is 5.32 Å². The maximum atomic E-state index is 12.0. The average Bonchev–Trinajstić information content (AvgIpc) is 2.92. The minimum absolute atomic E-state index is 0.116. The first-order chi connectivity index (χ1) is 11.1. The van der Waals surface area contributed by atoms with E-state index in [1.807, 2.05) is 6.92 Å². The molecule has 1 aliphatic carbocycles. The molecule has 0 unspecified atom stereocenters. The normalized spacial score (nSPS) is 15.6. The molecule has 2 aromatic heterocycles. The first-order valence-corrected chi connectivity index (χ1v) is 8.17. The molecule has 2 heterocycles. The van der Waals surface area contributed by atoms with Crippen molar-refractivity contribution in [1.29, 1.82) is 0 Å². The number of carbonyl (C=O) groups excluding carboxylic acids is 1. The van der Waals surface area contributed by atoms with E-state index in [4.69, 9.17) is 0 Å². The first-order valence-electron chi connectivity index (χ1n) is 8.17. The molecule has 1 fully saturated rings. The van der Waals surface area contributed by atoms with Gasteiger partial charge >= 0.3 is 0 Å². The summed E-state index contributed by atoms with van der Waals surface area (Å²) < 4.78 is 3.82. The van der Waals surface area contributed by atoms with E-state index in [0.717, 1.165) is 44.6 Å². The molecule has 0 aromatic carbocycles. The fourth-order valence-electron chi connectivity index (χ4n) is 2.84. The number of amides is 1. The zero-order chi connectivity index (χ0) is 16.3. The van der Waals surface area contributed by atoms with Crippen LogP contribution in [0.1, 0.15) is 37.1 Å². The number of nitrogens with one attached hydrogen (secondary N) is 1. The minimum atomic E-state index is 0.116. The third kappa shape index (κ3) is 4.18. The van der Waals surface area contributed by atoms with E-state index in [1.165, 1.54) is 12.0 Å². The third-order valence-electron chi connectivity index (χ3n) is 4.46. The Bertz CT molecular complexity index is 656. The van der Waals surface area contributed by atoms with Crippen molar-refractivity contribution >= 4 is 5.91 Å². The Hall–Kier alpha value is -2.18. The maximum absolute atomic E-state index is 12.0. The van der Waals surface area contributed by atoms with Gasteiger partial charge in [-0.15, -0.1) is 0 Å². The monoisotopic (exact) mass is 316 g/mol. The highest BCUT2D eigenvalue weighted by Gasteiger charge is 2.43. The van der Waals surface area contributed by atoms with Gasteiger partial charge in [0.15, 0.2) is 0 Å². The Morgan fingerprint density at radius 2 is 2.22 bits per heavy atom. The smallest absolute Gasteiger partial charge is 0.220 e. The zero-order valence-corrected chi connectivity index (χ0v) is 13.8. The van der Waals surface area contributed by atoms with Crippen molar-refractivity contribution in [1.82, 2.24) is 29.9 Å². The van der Waals surface area contributed by atoms with Crippen LogP contribution >= 0.6 is 0 Å². The van der Waals surface area contributed by atoms with Crippen LogP contribution in [-0.2, 0) is 17.9 Å². The van der Waals surface area contributed by atoms with E-state index < -0.39 is 0 Å². The molecule has 1 N–H and O–H groups in total. The van der Waals surface area contributed by atoms with Gasteiger partial charge in [0.2, 0.25) is 5.91 Å². The Balaban J connectivity index is 1.40. The van der Waals surface area contributed by atoms with Crippen molar-refractivity contribution in [2.75, 3.05) is 6.54 Å². The molecule has 3 rings (SSSR count). The van der Waals surface area contributed by atoms with Crippen LogP contribution in [0, 0.1) is 19.3 Å². The summed E-state index contributed by atoms with van der Waals surface area (Å²) in [6.45, 7) is 6.46. The molecule has 0 atom stereocenters. The highest BCUT2D eigenvalue weighted by atomic mass is 16.1. The summed E-state index contributed by atoms with van der Waals surface area (Å²) in [4.78, 5) is 15.9. The maximum Gasteiger partial charge on any atom is 0.220 e. The molecule has 0 radical (unpaired) electrons. The fourth-order valence-corrected chi connectivity index (χ4v) is 2.84. The van der Waals surface area contributed by atoms with Crippen molar-refractivity contribution in [3.05, 3.63) is 30.1 Å². The lowest BCUT2D eigenvalue weighted by Gasteiger charge is -2.17. The lowest BCUT2D eigenvalue weighted by molar-refractivity contribution is -0.121. The van der Waals surface area contributed by atoms with Gasteiger partial charge in [0.25, 0.3) is 0 Å². The number of carbonyl (C=O) groups is 1. The number of aromatic nitrogens is 5. The van der Waals surface area contributed by atoms with Crippen molar-refractivity contribution in [3.63, 3.8) is 0 Å². The summed E-state index contributed by atoms with van der Waals surface area (Å²) >= 11 is 0. The Kier molecular flexibility index (Phi) is 4.45. The highest BCUT2D eigenvalue weighted by Crippen LogP contribution is 2.46. The highest BCUT2D eigenvalue weighted by molar-refractivity contribution is 5.75. The molecule has 23 heavy (non-hydrogen) atoms. The standard InChI is InChI=1S/C16H24N6O/c1-13-8-14(2)22(20-13)10-16(5-6-16)9-18-15(23)4-3-7-21-12-17-11-19-21/h8,11-12H,3-7,9-10H2,1-2H3,(H,18,23). The molecule has 1 saturated carbocycles. The number of hydrogen-bond acceptors (Lipinski definition) is 4. The topological polar surface area (TPSA) is 77.6 Å². The Labute approximate surface area is 136 Å². The van der Waals surface area contributed by atoms with Crippen molar-refractivity contribution in [3.8, 4) is 0 Å². The van der Waals surface area contributed by atoms with E-state index in [1.54, 1.807) is 11.0 Å². The number of hydrogen-bond donors (Lipinski definition) is 1. The molecule has 7 heteroatoms. The van der Waals surface area contributed by atoms with Crippen LogP contribution in [0.3, 0.4) is 0 Å². The Morgan fingerprint density at radius 3 is 2.83 bits per heavy atom. The molecular weight excluding hydrogens is 292 g/mol. The fraction of sp³-hybridized carbons (Fsp3) is 0.625. The van der Waals surface area contributed by atoms with Crippen LogP contribution in [0.2, 0.25) is 0 Å². The summed E-state index contributed by atoms with van der Waals surface area (Å²) in [6, 6.07) is 2.10. The Morgan fingerprint density at radius 1 is 1.39 bits per heavy atom. The van der Waals surface area contributed by atoms with E-state index in [9.17, 15) is 4.79 Å². The predicted octanol–water partition coefficient (Wildman–Crippen LogP) is 1.47. The van der Waals surface area contributed by atoms with Crippen molar-refractivity contribution in [2.24, 2.45) is 5.41 Å². The SMILES string of the molecule is Cc1cc(C)n(CC2(CNC(=O)CCCn3cncn3)CC2)n1. The van der Waals surface area contributed by atoms with Crippen LogP contribution in [-0.4, -0.2) is 37.0 Å². The summed E-state index contributed by atoms with van der Waals surface area (Å²) in [5, 5.41) is 11.6. The van der Waals surface area contributed by atoms with Gasteiger partial charge in [-0.25, -0.2) is 4.98 Å².